The van der Waals surface area contributed by atoms with Gasteiger partial charge in [-0.3, -0.25) is 4.98 Å². The minimum absolute atomic E-state index is 0.556. The highest BCUT2D eigenvalue weighted by atomic mass is 16.2. The molecular formula is C15H17N3O. The highest BCUT2D eigenvalue weighted by Gasteiger charge is 2.03. The summed E-state index contributed by atoms with van der Waals surface area (Å²) in [6.45, 7) is 1.90. The maximum Gasteiger partial charge on any atom is 0.316 e. The number of nitrogens with two attached hydrogens (primary N) is 1. The van der Waals surface area contributed by atoms with Gasteiger partial charge in [-0.15, -0.1) is 0 Å². The first kappa shape index (κ1) is 13.1. The number of hydrogen-bond donors (Lipinski definition) is 2. The summed E-state index contributed by atoms with van der Waals surface area (Å²) in [6, 6.07) is 13.4. The van der Waals surface area contributed by atoms with Crippen LogP contribution in [0.5, 0.6) is 0 Å². The second kappa shape index (κ2) is 6.00. The number of carbonyl (C=O) groups excluding carboxylic acids is 1. The molecule has 1 aromatic heterocycles. The molecule has 2 amide bonds. The van der Waals surface area contributed by atoms with Crippen LogP contribution < -0.4 is 11.1 Å². The SMILES string of the molecule is Cc1cc(NC(N)=O)cc(CCc2ccccc2)n1. The molecule has 0 atom stereocenters. The molecule has 0 saturated carbocycles. The quantitative estimate of drug-likeness (QED) is 0.882. The molecule has 4 nitrogen and oxygen atoms in total. The molecule has 0 radical (unpaired) electrons. The standard InChI is InChI=1S/C15H17N3O/c1-11-9-14(18-15(16)19)10-13(17-11)8-7-12-5-3-2-4-6-12/h2-6,9-10H,7-8H2,1H3,(H3,16,17,18,19). The number of amides is 2. The van der Waals surface area contributed by atoms with E-state index in [0.717, 1.165) is 24.2 Å². The first-order valence-corrected chi connectivity index (χ1v) is 6.21. The topological polar surface area (TPSA) is 68.0 Å². The van der Waals surface area contributed by atoms with E-state index in [0.29, 0.717) is 5.69 Å². The highest BCUT2D eigenvalue weighted by molar-refractivity contribution is 5.87. The fourth-order valence-electron chi connectivity index (χ4n) is 2.00. The Bertz CT molecular complexity index is 567. The smallest absolute Gasteiger partial charge is 0.316 e. The van der Waals surface area contributed by atoms with Gasteiger partial charge in [-0.1, -0.05) is 30.3 Å². The van der Waals surface area contributed by atoms with Gasteiger partial charge in [-0.05, 0) is 37.5 Å². The van der Waals surface area contributed by atoms with Crippen molar-refractivity contribution in [3.05, 3.63) is 59.4 Å². The molecule has 4 heteroatoms. The van der Waals surface area contributed by atoms with Gasteiger partial charge in [0, 0.05) is 17.1 Å². The fourth-order valence-corrected chi connectivity index (χ4v) is 2.00. The Morgan fingerprint density at radius 2 is 1.95 bits per heavy atom. The maximum atomic E-state index is 10.9. The van der Waals surface area contributed by atoms with Crippen LogP contribution in [0.25, 0.3) is 0 Å². The molecule has 2 aromatic rings. The van der Waals surface area contributed by atoms with Crippen molar-refractivity contribution in [2.45, 2.75) is 19.8 Å². The van der Waals surface area contributed by atoms with E-state index in [-0.39, 0.29) is 0 Å². The second-order valence-electron chi connectivity index (χ2n) is 4.46. The number of benzene rings is 1. The van der Waals surface area contributed by atoms with Crippen molar-refractivity contribution in [1.29, 1.82) is 0 Å². The van der Waals surface area contributed by atoms with Crippen LogP contribution in [0.4, 0.5) is 10.5 Å². The highest BCUT2D eigenvalue weighted by Crippen LogP contribution is 2.13. The third-order valence-electron chi connectivity index (χ3n) is 2.79. The van der Waals surface area contributed by atoms with E-state index in [2.05, 4.69) is 22.4 Å². The minimum Gasteiger partial charge on any atom is -0.351 e. The van der Waals surface area contributed by atoms with Crippen molar-refractivity contribution in [3.8, 4) is 0 Å². The first-order chi connectivity index (χ1) is 9.13. The average molecular weight is 255 g/mol. The number of nitrogens with one attached hydrogen (secondary N) is 1. The number of nitrogens with zero attached hydrogens (tertiary/aromatic N) is 1. The van der Waals surface area contributed by atoms with Crippen LogP contribution in [-0.2, 0) is 12.8 Å². The van der Waals surface area contributed by atoms with Crippen molar-refractivity contribution >= 4 is 11.7 Å². The number of hydrogen-bond acceptors (Lipinski definition) is 2. The lowest BCUT2D eigenvalue weighted by Crippen LogP contribution is -2.19. The number of aryl methyl sites for hydroxylation is 3. The Morgan fingerprint density at radius 3 is 2.63 bits per heavy atom. The molecule has 0 aliphatic rings. The zero-order valence-corrected chi connectivity index (χ0v) is 10.9. The van der Waals surface area contributed by atoms with Gasteiger partial charge in [0.2, 0.25) is 0 Å². The first-order valence-electron chi connectivity index (χ1n) is 6.21. The summed E-state index contributed by atoms with van der Waals surface area (Å²) in [7, 11) is 0. The van der Waals surface area contributed by atoms with E-state index in [1.807, 2.05) is 31.2 Å². The molecule has 0 spiro atoms. The number of carbonyl (C=O) groups is 1. The number of aromatic nitrogens is 1. The number of primary amides is 1. The Balaban J connectivity index is 2.07. The van der Waals surface area contributed by atoms with E-state index in [4.69, 9.17) is 5.73 Å². The lowest BCUT2D eigenvalue weighted by Gasteiger charge is -2.07. The van der Waals surface area contributed by atoms with Crippen LogP contribution in [0.1, 0.15) is 17.0 Å². The summed E-state index contributed by atoms with van der Waals surface area (Å²) in [4.78, 5) is 15.3. The molecule has 0 unspecified atom stereocenters. The van der Waals surface area contributed by atoms with Gasteiger partial charge in [0.1, 0.15) is 0 Å². The van der Waals surface area contributed by atoms with E-state index in [9.17, 15) is 4.79 Å². The number of pyridine rings is 1. The van der Waals surface area contributed by atoms with Crippen LogP contribution in [0.3, 0.4) is 0 Å². The molecular weight excluding hydrogens is 238 g/mol. The van der Waals surface area contributed by atoms with Crippen LogP contribution in [0.2, 0.25) is 0 Å². The molecule has 1 heterocycles. The minimum atomic E-state index is -0.556. The lowest BCUT2D eigenvalue weighted by molar-refractivity contribution is 0.259. The zero-order valence-electron chi connectivity index (χ0n) is 10.9. The average Bonchev–Trinajstić information content (AvgIpc) is 2.36. The zero-order chi connectivity index (χ0) is 13.7. The van der Waals surface area contributed by atoms with Crippen molar-refractivity contribution in [2.24, 2.45) is 5.73 Å². The normalized spacial score (nSPS) is 10.2. The Hall–Kier alpha value is -2.36. The summed E-state index contributed by atoms with van der Waals surface area (Å²) >= 11 is 0. The van der Waals surface area contributed by atoms with Crippen LogP contribution in [-0.4, -0.2) is 11.0 Å². The molecule has 3 N–H and O–H groups in total. The van der Waals surface area contributed by atoms with Gasteiger partial charge in [-0.25, -0.2) is 4.79 Å². The lowest BCUT2D eigenvalue weighted by atomic mass is 10.1. The number of urea groups is 1. The summed E-state index contributed by atoms with van der Waals surface area (Å²) < 4.78 is 0. The molecule has 0 aliphatic carbocycles. The summed E-state index contributed by atoms with van der Waals surface area (Å²) in [5, 5.41) is 2.58. The van der Waals surface area contributed by atoms with Gasteiger partial charge in [0.05, 0.1) is 0 Å². The van der Waals surface area contributed by atoms with Crippen molar-refractivity contribution in [3.63, 3.8) is 0 Å². The third kappa shape index (κ3) is 4.10. The molecule has 19 heavy (non-hydrogen) atoms. The van der Waals surface area contributed by atoms with Gasteiger partial charge in [0.15, 0.2) is 0 Å². The Labute approximate surface area is 112 Å². The third-order valence-corrected chi connectivity index (χ3v) is 2.79. The molecule has 0 bridgehead atoms. The van der Waals surface area contributed by atoms with Gasteiger partial charge >= 0.3 is 6.03 Å². The Morgan fingerprint density at radius 1 is 1.21 bits per heavy atom. The molecule has 2 rings (SSSR count). The summed E-state index contributed by atoms with van der Waals surface area (Å²) in [5.74, 6) is 0. The summed E-state index contributed by atoms with van der Waals surface area (Å²) in [6.07, 6.45) is 1.76. The number of rotatable bonds is 4. The van der Waals surface area contributed by atoms with Gasteiger partial charge in [-0.2, -0.15) is 0 Å². The molecule has 0 aliphatic heterocycles. The molecule has 0 saturated heterocycles. The second-order valence-corrected chi connectivity index (χ2v) is 4.46. The molecule has 1 aromatic carbocycles. The van der Waals surface area contributed by atoms with Crippen molar-refractivity contribution < 1.29 is 4.79 Å². The van der Waals surface area contributed by atoms with Crippen LogP contribution >= 0.6 is 0 Å². The predicted molar refractivity (Wildman–Crippen MR) is 76.0 cm³/mol. The van der Waals surface area contributed by atoms with Crippen LogP contribution in [0, 0.1) is 6.92 Å². The summed E-state index contributed by atoms with van der Waals surface area (Å²) in [5.41, 5.74) is 8.91. The molecule has 98 valence electrons. The van der Waals surface area contributed by atoms with Crippen molar-refractivity contribution in [1.82, 2.24) is 4.98 Å². The fraction of sp³-hybridized carbons (Fsp3) is 0.200. The largest absolute Gasteiger partial charge is 0.351 e. The predicted octanol–water partition coefficient (Wildman–Crippen LogP) is 2.67. The molecule has 0 fully saturated rings. The van der Waals surface area contributed by atoms with Gasteiger partial charge in [0.25, 0.3) is 0 Å². The maximum absolute atomic E-state index is 10.9. The van der Waals surface area contributed by atoms with Crippen LogP contribution in [0.15, 0.2) is 42.5 Å². The van der Waals surface area contributed by atoms with E-state index in [1.165, 1.54) is 5.56 Å². The van der Waals surface area contributed by atoms with E-state index >= 15 is 0 Å². The van der Waals surface area contributed by atoms with Gasteiger partial charge < -0.3 is 11.1 Å². The monoisotopic (exact) mass is 255 g/mol. The number of anilines is 1. The van der Waals surface area contributed by atoms with Crippen molar-refractivity contribution in [2.75, 3.05) is 5.32 Å². The van der Waals surface area contributed by atoms with E-state index < -0.39 is 6.03 Å². The van der Waals surface area contributed by atoms with E-state index in [1.54, 1.807) is 6.07 Å². The Kier molecular flexibility index (Phi) is 4.13.